The quantitative estimate of drug-likeness (QED) is 0.867. The Kier molecular flexibility index (Phi) is 4.18. The molecule has 6 heteroatoms. The first kappa shape index (κ1) is 18.2. The molecule has 3 rings (SSSR count). The monoisotopic (exact) mass is 364 g/mol. The number of nitrogens with zero attached hydrogens (tertiary/aromatic N) is 1. The van der Waals surface area contributed by atoms with Gasteiger partial charge >= 0.3 is 6.03 Å². The van der Waals surface area contributed by atoms with E-state index in [9.17, 15) is 13.2 Å². The Bertz CT molecular complexity index is 816. The summed E-state index contributed by atoms with van der Waals surface area (Å²) in [7, 11) is -3.30. The number of anilines is 1. The van der Waals surface area contributed by atoms with E-state index in [0.29, 0.717) is 5.69 Å². The average Bonchev–Trinajstić information content (AvgIpc) is 2.69. The van der Waals surface area contributed by atoms with E-state index in [1.54, 1.807) is 18.2 Å². The van der Waals surface area contributed by atoms with Gasteiger partial charge in [0, 0.05) is 24.5 Å². The Labute approximate surface area is 150 Å². The molecule has 2 bridgehead atoms. The van der Waals surface area contributed by atoms with Crippen LogP contribution in [0.1, 0.15) is 45.6 Å². The number of fused-ring (bicyclic) bond motifs is 2. The van der Waals surface area contributed by atoms with Crippen molar-refractivity contribution >= 4 is 21.6 Å². The molecule has 1 aliphatic heterocycles. The zero-order valence-corrected chi connectivity index (χ0v) is 16.5. The number of carbonyl (C=O) groups is 1. The van der Waals surface area contributed by atoms with Crippen molar-refractivity contribution in [2.45, 2.75) is 57.9 Å². The van der Waals surface area contributed by atoms with Crippen molar-refractivity contribution in [3.05, 3.63) is 23.8 Å². The highest BCUT2D eigenvalue weighted by Gasteiger charge is 2.51. The third kappa shape index (κ3) is 3.68. The molecule has 2 fully saturated rings. The van der Waals surface area contributed by atoms with Gasteiger partial charge in [-0.3, -0.25) is 0 Å². The summed E-state index contributed by atoms with van der Waals surface area (Å²) in [6, 6.07) is 4.99. The first-order valence-electron chi connectivity index (χ1n) is 8.77. The molecule has 138 valence electrons. The predicted octanol–water partition coefficient (Wildman–Crippen LogP) is 3.83. The number of amides is 2. The van der Waals surface area contributed by atoms with Crippen LogP contribution >= 0.6 is 0 Å². The van der Waals surface area contributed by atoms with Crippen LogP contribution in [0, 0.1) is 17.8 Å². The summed E-state index contributed by atoms with van der Waals surface area (Å²) in [5.41, 5.74) is 1.85. The molecule has 1 aromatic carbocycles. The van der Waals surface area contributed by atoms with Gasteiger partial charge in [-0.25, -0.2) is 13.2 Å². The lowest BCUT2D eigenvalue weighted by atomic mass is 9.65. The van der Waals surface area contributed by atoms with Gasteiger partial charge in [-0.15, -0.1) is 0 Å². The number of benzene rings is 1. The number of sulfone groups is 1. The van der Waals surface area contributed by atoms with Crippen LogP contribution in [0.3, 0.4) is 0 Å². The summed E-state index contributed by atoms with van der Waals surface area (Å²) in [4.78, 5) is 15.1. The van der Waals surface area contributed by atoms with Crippen molar-refractivity contribution in [2.24, 2.45) is 10.8 Å². The standard InChI is InChI=1S/C19H28N2O3S/c1-13-6-7-15(25(5,23)24)8-16(13)20-17(22)21-12-19(4)10-14(21)9-18(2,3)11-19/h6-8,14H,9-12H2,1-5H3,(H,20,22)/t14-,19-/m1/s1. The van der Waals surface area contributed by atoms with Crippen molar-refractivity contribution in [2.75, 3.05) is 18.1 Å². The van der Waals surface area contributed by atoms with Gasteiger partial charge < -0.3 is 10.2 Å². The Balaban J connectivity index is 1.82. The van der Waals surface area contributed by atoms with Crippen LogP contribution in [0.5, 0.6) is 0 Å². The topological polar surface area (TPSA) is 66.5 Å². The second kappa shape index (κ2) is 5.73. The molecule has 1 saturated carbocycles. The highest BCUT2D eigenvalue weighted by molar-refractivity contribution is 7.90. The fourth-order valence-electron chi connectivity index (χ4n) is 4.85. The molecule has 1 aromatic rings. The molecule has 2 aliphatic rings. The number of urea groups is 1. The molecule has 2 atom stereocenters. The summed E-state index contributed by atoms with van der Waals surface area (Å²) in [6.45, 7) is 9.45. The maximum atomic E-state index is 12.9. The maximum absolute atomic E-state index is 12.9. The number of likely N-dealkylation sites (tertiary alicyclic amines) is 1. The summed E-state index contributed by atoms with van der Waals surface area (Å²) >= 11 is 0. The summed E-state index contributed by atoms with van der Waals surface area (Å²) in [5.74, 6) is 0. The molecule has 1 aliphatic carbocycles. The normalized spacial score (nSPS) is 28.0. The van der Waals surface area contributed by atoms with Crippen LogP contribution < -0.4 is 5.32 Å². The van der Waals surface area contributed by atoms with Gasteiger partial charge in [0.1, 0.15) is 0 Å². The minimum absolute atomic E-state index is 0.125. The van der Waals surface area contributed by atoms with Crippen molar-refractivity contribution in [3.8, 4) is 0 Å². The van der Waals surface area contributed by atoms with E-state index in [0.717, 1.165) is 31.4 Å². The highest BCUT2D eigenvalue weighted by Crippen LogP contribution is 2.52. The van der Waals surface area contributed by atoms with E-state index in [1.165, 1.54) is 6.26 Å². The zero-order chi connectivity index (χ0) is 18.6. The minimum atomic E-state index is -3.30. The lowest BCUT2D eigenvalue weighted by molar-refractivity contribution is 0.130. The summed E-state index contributed by atoms with van der Waals surface area (Å²) in [6.07, 6.45) is 4.36. The van der Waals surface area contributed by atoms with Gasteiger partial charge in [0.2, 0.25) is 0 Å². The van der Waals surface area contributed by atoms with Crippen LogP contribution in [0.25, 0.3) is 0 Å². The van der Waals surface area contributed by atoms with Crippen molar-refractivity contribution in [1.29, 1.82) is 0 Å². The van der Waals surface area contributed by atoms with Crippen LogP contribution in [0.4, 0.5) is 10.5 Å². The smallest absolute Gasteiger partial charge is 0.321 e. The highest BCUT2D eigenvalue weighted by atomic mass is 32.2. The number of aryl methyl sites for hydroxylation is 1. The van der Waals surface area contributed by atoms with E-state index in [4.69, 9.17) is 0 Å². The lowest BCUT2D eigenvalue weighted by Crippen LogP contribution is -2.40. The van der Waals surface area contributed by atoms with E-state index in [2.05, 4.69) is 26.1 Å². The second-order valence-corrected chi connectivity index (χ2v) is 11.0. The molecule has 0 aromatic heterocycles. The SMILES string of the molecule is Cc1ccc(S(C)(=O)=O)cc1NC(=O)N1C[C@]2(C)C[C@H]1CC(C)(C)C2. The van der Waals surface area contributed by atoms with Gasteiger partial charge in [0.15, 0.2) is 9.84 Å². The first-order valence-corrected chi connectivity index (χ1v) is 10.7. The Morgan fingerprint density at radius 3 is 2.56 bits per heavy atom. The summed E-state index contributed by atoms with van der Waals surface area (Å²) in [5, 5.41) is 2.94. The van der Waals surface area contributed by atoms with Crippen LogP contribution in [-0.2, 0) is 9.84 Å². The van der Waals surface area contributed by atoms with Gasteiger partial charge in [-0.2, -0.15) is 0 Å². The first-order chi connectivity index (χ1) is 11.4. The number of hydrogen-bond acceptors (Lipinski definition) is 3. The van der Waals surface area contributed by atoms with Crippen LogP contribution in [0.2, 0.25) is 0 Å². The molecule has 1 heterocycles. The van der Waals surface area contributed by atoms with Gasteiger partial charge in [0.25, 0.3) is 0 Å². The fourth-order valence-corrected chi connectivity index (χ4v) is 5.50. The number of hydrogen-bond donors (Lipinski definition) is 1. The van der Waals surface area contributed by atoms with Crippen LogP contribution in [0.15, 0.2) is 23.1 Å². The number of carbonyl (C=O) groups excluding carboxylic acids is 1. The average molecular weight is 365 g/mol. The molecule has 2 amide bonds. The van der Waals surface area contributed by atoms with Gasteiger partial charge in [-0.05, 0) is 54.7 Å². The molecule has 0 unspecified atom stereocenters. The molecule has 0 radical (unpaired) electrons. The van der Waals surface area contributed by atoms with E-state index in [-0.39, 0.29) is 27.8 Å². The molecular weight excluding hydrogens is 336 g/mol. The van der Waals surface area contributed by atoms with E-state index in [1.807, 2.05) is 11.8 Å². The number of nitrogens with one attached hydrogen (secondary N) is 1. The third-order valence-electron chi connectivity index (χ3n) is 5.55. The largest absolute Gasteiger partial charge is 0.322 e. The molecule has 5 nitrogen and oxygen atoms in total. The van der Waals surface area contributed by atoms with Gasteiger partial charge in [0.05, 0.1) is 4.90 Å². The minimum Gasteiger partial charge on any atom is -0.321 e. The molecule has 1 N–H and O–H groups in total. The van der Waals surface area contributed by atoms with E-state index >= 15 is 0 Å². The lowest BCUT2D eigenvalue weighted by Gasteiger charge is -2.39. The Morgan fingerprint density at radius 1 is 1.24 bits per heavy atom. The zero-order valence-electron chi connectivity index (χ0n) is 15.7. The van der Waals surface area contributed by atoms with E-state index < -0.39 is 9.84 Å². The van der Waals surface area contributed by atoms with Crippen molar-refractivity contribution in [3.63, 3.8) is 0 Å². The molecule has 0 spiro atoms. The van der Waals surface area contributed by atoms with Crippen molar-refractivity contribution in [1.82, 2.24) is 4.90 Å². The van der Waals surface area contributed by atoms with Gasteiger partial charge in [-0.1, -0.05) is 26.8 Å². The molecular formula is C19H28N2O3S. The molecule has 25 heavy (non-hydrogen) atoms. The Hall–Kier alpha value is -1.56. The second-order valence-electron chi connectivity index (χ2n) is 9.02. The maximum Gasteiger partial charge on any atom is 0.322 e. The Morgan fingerprint density at radius 2 is 1.92 bits per heavy atom. The third-order valence-corrected chi connectivity index (χ3v) is 6.66. The fraction of sp³-hybridized carbons (Fsp3) is 0.632. The molecule has 1 saturated heterocycles. The van der Waals surface area contributed by atoms with Crippen LogP contribution in [-0.4, -0.2) is 38.2 Å². The van der Waals surface area contributed by atoms with Crippen molar-refractivity contribution < 1.29 is 13.2 Å². The summed E-state index contributed by atoms with van der Waals surface area (Å²) < 4.78 is 23.6. The number of rotatable bonds is 2. The predicted molar refractivity (Wildman–Crippen MR) is 99.5 cm³/mol.